The molecule has 0 fully saturated rings. The lowest BCUT2D eigenvalue weighted by Crippen LogP contribution is -1.68. The van der Waals surface area contributed by atoms with Gasteiger partial charge >= 0.3 is 0 Å². The lowest BCUT2D eigenvalue weighted by Gasteiger charge is -1.91. The summed E-state index contributed by atoms with van der Waals surface area (Å²) in [7, 11) is 0. The predicted octanol–water partition coefficient (Wildman–Crippen LogP) is 2.75. The highest BCUT2D eigenvalue weighted by molar-refractivity contribution is 5.61. The van der Waals surface area contributed by atoms with Gasteiger partial charge < -0.3 is 4.42 Å². The van der Waals surface area contributed by atoms with Crippen LogP contribution in [0.1, 0.15) is 12.5 Å². The van der Waals surface area contributed by atoms with E-state index in [1.165, 1.54) is 5.56 Å². The molecule has 0 saturated heterocycles. The second kappa shape index (κ2) is 2.42. The van der Waals surface area contributed by atoms with Crippen LogP contribution in [0.2, 0.25) is 0 Å². The van der Waals surface area contributed by atoms with Gasteiger partial charge in [-0.05, 0) is 30.2 Å². The lowest BCUT2D eigenvalue weighted by atomic mass is 10.2. The van der Waals surface area contributed by atoms with Crippen LogP contribution in [0, 0.1) is 6.07 Å². The Morgan fingerprint density at radius 2 is 2.45 bits per heavy atom. The van der Waals surface area contributed by atoms with Crippen molar-refractivity contribution in [3.63, 3.8) is 0 Å². The number of hydrogen-bond donors (Lipinski definition) is 0. The van der Waals surface area contributed by atoms with E-state index < -0.39 is 0 Å². The first kappa shape index (κ1) is 6.47. The van der Waals surface area contributed by atoms with Crippen LogP contribution < -0.4 is 0 Å². The zero-order chi connectivity index (χ0) is 7.68. The smallest absolute Gasteiger partial charge is 0.141 e. The fraction of sp³-hybridized carbons (Fsp3) is 0.200. The molecule has 0 spiro atoms. The van der Waals surface area contributed by atoms with Crippen molar-refractivity contribution in [2.75, 3.05) is 0 Å². The second-order valence-corrected chi connectivity index (χ2v) is 2.55. The van der Waals surface area contributed by atoms with Gasteiger partial charge in [-0.1, -0.05) is 6.92 Å². The molecule has 1 aliphatic heterocycles. The molecule has 0 aromatic heterocycles. The molecule has 1 nitrogen and oxygen atoms in total. The van der Waals surface area contributed by atoms with Gasteiger partial charge in [0.2, 0.25) is 0 Å². The minimum Gasteiger partial charge on any atom is -0.464 e. The van der Waals surface area contributed by atoms with E-state index in [0.29, 0.717) is 0 Å². The van der Waals surface area contributed by atoms with Gasteiger partial charge in [0, 0.05) is 11.6 Å². The van der Waals surface area contributed by atoms with Crippen molar-refractivity contribution in [3.8, 4) is 11.3 Å². The average molecular weight is 145 g/mol. The summed E-state index contributed by atoms with van der Waals surface area (Å²) < 4.78 is 5.24. The van der Waals surface area contributed by atoms with Crippen LogP contribution in [-0.2, 0) is 6.42 Å². The molecule has 1 aliphatic carbocycles. The summed E-state index contributed by atoms with van der Waals surface area (Å²) in [4.78, 5) is 0. The Hall–Kier alpha value is -1.24. The van der Waals surface area contributed by atoms with Gasteiger partial charge in [-0.15, -0.1) is 0 Å². The first-order valence-electron chi connectivity index (χ1n) is 3.78. The molecule has 1 heteroatoms. The van der Waals surface area contributed by atoms with Crippen molar-refractivity contribution in [1.29, 1.82) is 0 Å². The van der Waals surface area contributed by atoms with Crippen molar-refractivity contribution in [3.05, 3.63) is 36.1 Å². The van der Waals surface area contributed by atoms with Gasteiger partial charge in [-0.2, -0.15) is 0 Å². The lowest BCUT2D eigenvalue weighted by molar-refractivity contribution is 0.566. The van der Waals surface area contributed by atoms with Crippen LogP contribution in [0.5, 0.6) is 0 Å². The van der Waals surface area contributed by atoms with Crippen molar-refractivity contribution in [2.24, 2.45) is 0 Å². The van der Waals surface area contributed by atoms with Crippen LogP contribution in [0.25, 0.3) is 11.3 Å². The highest BCUT2D eigenvalue weighted by Crippen LogP contribution is 2.24. The fourth-order valence-corrected chi connectivity index (χ4v) is 1.17. The van der Waals surface area contributed by atoms with E-state index in [1.54, 1.807) is 6.26 Å². The van der Waals surface area contributed by atoms with Crippen molar-refractivity contribution >= 4 is 0 Å². The topological polar surface area (TPSA) is 13.1 Å². The van der Waals surface area contributed by atoms with Gasteiger partial charge in [0.25, 0.3) is 0 Å². The highest BCUT2D eigenvalue weighted by atomic mass is 16.3. The maximum Gasteiger partial charge on any atom is 0.141 e. The van der Waals surface area contributed by atoms with Crippen LogP contribution in [0.4, 0.5) is 0 Å². The first-order valence-corrected chi connectivity index (χ1v) is 3.78. The van der Waals surface area contributed by atoms with E-state index >= 15 is 0 Å². The Morgan fingerprint density at radius 1 is 1.55 bits per heavy atom. The average Bonchev–Trinajstić information content (AvgIpc) is 2.46. The van der Waals surface area contributed by atoms with E-state index in [1.807, 2.05) is 12.1 Å². The van der Waals surface area contributed by atoms with Crippen LogP contribution in [0.15, 0.2) is 28.9 Å². The third-order valence-corrected chi connectivity index (χ3v) is 1.79. The summed E-state index contributed by atoms with van der Waals surface area (Å²) in [6.07, 6.45) is 2.70. The summed E-state index contributed by atoms with van der Waals surface area (Å²) in [5.41, 5.74) is 2.36. The standard InChI is InChI=1S/C10H9O/c1-2-8-6-9-4-3-5-11-10(9)7-8/h3-6H,2H2,1H3. The van der Waals surface area contributed by atoms with Gasteiger partial charge in [-0.25, -0.2) is 0 Å². The zero-order valence-corrected chi connectivity index (χ0v) is 6.42. The molecule has 2 rings (SSSR count). The minimum atomic E-state index is 0.865. The molecule has 0 unspecified atom stereocenters. The van der Waals surface area contributed by atoms with E-state index in [4.69, 9.17) is 4.42 Å². The Balaban J connectivity index is 2.60. The van der Waals surface area contributed by atoms with E-state index in [-0.39, 0.29) is 0 Å². The number of fused-ring (bicyclic) bond motifs is 1. The Morgan fingerprint density at radius 3 is 3.18 bits per heavy atom. The number of aryl methyl sites for hydroxylation is 1. The maximum atomic E-state index is 5.24. The van der Waals surface area contributed by atoms with Crippen LogP contribution in [-0.4, -0.2) is 0 Å². The summed E-state index contributed by atoms with van der Waals surface area (Å²) in [5, 5.41) is 0. The van der Waals surface area contributed by atoms with Crippen LogP contribution >= 0.6 is 0 Å². The second-order valence-electron chi connectivity index (χ2n) is 2.55. The molecule has 2 aliphatic rings. The Bertz CT molecular complexity index is 292. The molecule has 1 radical (unpaired) electrons. The molecule has 0 N–H and O–H groups in total. The molecule has 0 amide bonds. The molecule has 0 saturated carbocycles. The van der Waals surface area contributed by atoms with Gasteiger partial charge in [-0.3, -0.25) is 0 Å². The zero-order valence-electron chi connectivity index (χ0n) is 6.42. The molecule has 0 bridgehead atoms. The summed E-state index contributed by atoms with van der Waals surface area (Å²) in [5.74, 6) is 0.865. The van der Waals surface area contributed by atoms with Crippen molar-refractivity contribution < 1.29 is 4.42 Å². The molecule has 1 heterocycles. The number of hydrogen-bond acceptors (Lipinski definition) is 1. The highest BCUT2D eigenvalue weighted by Gasteiger charge is 2.05. The largest absolute Gasteiger partial charge is 0.464 e. The van der Waals surface area contributed by atoms with Gasteiger partial charge in [0.15, 0.2) is 0 Å². The van der Waals surface area contributed by atoms with Crippen molar-refractivity contribution in [2.45, 2.75) is 13.3 Å². The molecular weight excluding hydrogens is 136 g/mol. The van der Waals surface area contributed by atoms with Gasteiger partial charge in [0.1, 0.15) is 5.76 Å². The summed E-state index contributed by atoms with van der Waals surface area (Å²) in [6, 6.07) is 9.22. The quantitative estimate of drug-likeness (QED) is 0.601. The SMILES string of the molecule is CCc1[c]c2occcc-2c1. The first-order chi connectivity index (χ1) is 5.40. The molecule has 55 valence electrons. The van der Waals surface area contributed by atoms with E-state index in [0.717, 1.165) is 17.7 Å². The minimum absolute atomic E-state index is 0.865. The number of rotatable bonds is 1. The summed E-state index contributed by atoms with van der Waals surface area (Å²) in [6.45, 7) is 2.12. The maximum absolute atomic E-state index is 5.24. The molecule has 0 aromatic rings. The van der Waals surface area contributed by atoms with Crippen LogP contribution in [0.3, 0.4) is 0 Å². The van der Waals surface area contributed by atoms with E-state index in [9.17, 15) is 0 Å². The molecule has 11 heavy (non-hydrogen) atoms. The van der Waals surface area contributed by atoms with Crippen molar-refractivity contribution in [1.82, 2.24) is 0 Å². The molecule has 0 atom stereocenters. The predicted molar refractivity (Wildman–Crippen MR) is 43.5 cm³/mol. The third kappa shape index (κ3) is 1.03. The summed E-state index contributed by atoms with van der Waals surface area (Å²) >= 11 is 0. The van der Waals surface area contributed by atoms with E-state index in [2.05, 4.69) is 19.1 Å². The Labute approximate surface area is 66.0 Å². The Kier molecular flexibility index (Phi) is 1.42. The molecule has 0 aromatic carbocycles. The monoisotopic (exact) mass is 145 g/mol. The fourth-order valence-electron chi connectivity index (χ4n) is 1.17. The third-order valence-electron chi connectivity index (χ3n) is 1.79. The van der Waals surface area contributed by atoms with Gasteiger partial charge in [0.05, 0.1) is 6.26 Å². The molecular formula is C10H9O. The normalized spacial score (nSPS) is 10.6.